The van der Waals surface area contributed by atoms with Gasteiger partial charge in [-0.15, -0.1) is 0 Å². The molecule has 2 N–H and O–H groups in total. The van der Waals surface area contributed by atoms with Crippen LogP contribution < -0.4 is 19.1 Å². The number of hydrogen-bond acceptors (Lipinski definition) is 7. The van der Waals surface area contributed by atoms with Crippen LogP contribution in [0.25, 0.3) is 11.4 Å². The highest BCUT2D eigenvalue weighted by Gasteiger charge is 2.15. The molecule has 0 amide bonds. The number of aliphatic hydroxyl groups excluding tert-OH is 1. The van der Waals surface area contributed by atoms with Crippen LogP contribution in [0.1, 0.15) is 30.0 Å². The van der Waals surface area contributed by atoms with Crippen LogP contribution in [0.2, 0.25) is 0 Å². The summed E-state index contributed by atoms with van der Waals surface area (Å²) < 4.78 is 16.5. The number of aliphatic hydroxyl groups is 1. The summed E-state index contributed by atoms with van der Waals surface area (Å²) in [6.45, 7) is 6.61. The van der Waals surface area contributed by atoms with Gasteiger partial charge in [-0.3, -0.25) is 4.79 Å². The number of methoxy groups -OCH3 is 2. The van der Waals surface area contributed by atoms with Gasteiger partial charge in [0.1, 0.15) is 30.0 Å². The molecule has 0 unspecified atom stereocenters. The summed E-state index contributed by atoms with van der Waals surface area (Å²) in [4.78, 5) is 21.2. The molecule has 0 aliphatic heterocycles. The van der Waals surface area contributed by atoms with E-state index < -0.39 is 6.10 Å². The van der Waals surface area contributed by atoms with E-state index in [1.807, 2.05) is 54.3 Å². The van der Waals surface area contributed by atoms with Gasteiger partial charge in [0.25, 0.3) is 0 Å². The lowest BCUT2D eigenvalue weighted by molar-refractivity contribution is 0.101. The first-order valence-electron chi connectivity index (χ1n) is 10.8. The minimum Gasteiger partial charge on any atom is -0.493 e. The first-order chi connectivity index (χ1) is 15.9. The molecule has 1 atom stereocenters. The van der Waals surface area contributed by atoms with Crippen molar-refractivity contribution in [3.63, 3.8) is 0 Å². The van der Waals surface area contributed by atoms with E-state index in [9.17, 15) is 9.90 Å². The number of rotatable bonds is 11. The van der Waals surface area contributed by atoms with Crippen LogP contribution in [-0.4, -0.2) is 60.9 Å². The van der Waals surface area contributed by atoms with Crippen molar-refractivity contribution in [3.05, 3.63) is 53.9 Å². The van der Waals surface area contributed by atoms with Gasteiger partial charge in [-0.1, -0.05) is 0 Å². The van der Waals surface area contributed by atoms with Crippen molar-refractivity contribution < 1.29 is 24.1 Å². The Balaban J connectivity index is 1.59. The van der Waals surface area contributed by atoms with E-state index >= 15 is 0 Å². The topological polar surface area (TPSA) is 96.9 Å². The summed E-state index contributed by atoms with van der Waals surface area (Å²) in [6.07, 6.45) is -0.691. The number of carbonyl (C=O) groups excluding carboxylic acids is 1. The Morgan fingerprint density at radius 2 is 1.82 bits per heavy atom. The fourth-order valence-corrected chi connectivity index (χ4v) is 3.59. The predicted molar refractivity (Wildman–Crippen MR) is 128 cm³/mol. The van der Waals surface area contributed by atoms with Gasteiger partial charge in [0.15, 0.2) is 17.3 Å². The molecule has 3 rings (SSSR count). The number of H-pyrrole nitrogens is 1. The second-order valence-electron chi connectivity index (χ2n) is 7.67. The van der Waals surface area contributed by atoms with Crippen molar-refractivity contribution in [2.45, 2.75) is 26.9 Å². The quantitative estimate of drug-likeness (QED) is 0.425. The maximum absolute atomic E-state index is 11.6. The number of aromatic nitrogens is 2. The third kappa shape index (κ3) is 5.84. The number of carbonyl (C=O) groups is 1. The van der Waals surface area contributed by atoms with Crippen molar-refractivity contribution >= 4 is 11.5 Å². The molecule has 0 aliphatic rings. The number of likely N-dealkylation sites (N-methyl/N-ethyl adjacent to an activating group) is 1. The lowest BCUT2D eigenvalue weighted by atomic mass is 10.2. The summed E-state index contributed by atoms with van der Waals surface area (Å²) in [7, 11) is 3.20. The van der Waals surface area contributed by atoms with Crippen LogP contribution in [0, 0.1) is 6.92 Å². The fourth-order valence-electron chi connectivity index (χ4n) is 3.59. The van der Waals surface area contributed by atoms with Crippen LogP contribution in [0.3, 0.4) is 0 Å². The molecule has 3 aromatic rings. The van der Waals surface area contributed by atoms with E-state index in [1.54, 1.807) is 21.1 Å². The largest absolute Gasteiger partial charge is 0.493 e. The summed E-state index contributed by atoms with van der Waals surface area (Å²) in [5, 5.41) is 10.5. The van der Waals surface area contributed by atoms with E-state index in [0.717, 1.165) is 11.3 Å². The Kier molecular flexibility index (Phi) is 7.95. The van der Waals surface area contributed by atoms with Crippen molar-refractivity contribution in [1.82, 2.24) is 9.97 Å². The van der Waals surface area contributed by atoms with E-state index in [4.69, 9.17) is 14.2 Å². The number of aryl methyl sites for hydroxylation is 1. The third-order valence-electron chi connectivity index (χ3n) is 5.35. The van der Waals surface area contributed by atoms with Crippen LogP contribution in [0.5, 0.6) is 17.2 Å². The molecular formula is C25H31N3O5. The fraction of sp³-hybridized carbons (Fsp3) is 0.360. The maximum atomic E-state index is 11.6. The molecule has 8 heteroatoms. The predicted octanol–water partition coefficient (Wildman–Crippen LogP) is 3.87. The van der Waals surface area contributed by atoms with Crippen molar-refractivity contribution in [2.24, 2.45) is 0 Å². The van der Waals surface area contributed by atoms with Crippen LogP contribution in [-0.2, 0) is 0 Å². The molecule has 0 bridgehead atoms. The van der Waals surface area contributed by atoms with Gasteiger partial charge in [-0.25, -0.2) is 4.98 Å². The number of hydrogen-bond donors (Lipinski definition) is 2. The second kappa shape index (κ2) is 10.9. The minimum absolute atomic E-state index is 0.0469. The van der Waals surface area contributed by atoms with Crippen molar-refractivity contribution in [3.8, 4) is 28.6 Å². The third-order valence-corrected chi connectivity index (χ3v) is 5.35. The normalized spacial score (nSPS) is 11.7. The minimum atomic E-state index is -0.691. The lowest BCUT2D eigenvalue weighted by Crippen LogP contribution is -2.35. The van der Waals surface area contributed by atoms with Gasteiger partial charge in [-0.05, 0) is 50.2 Å². The monoisotopic (exact) mass is 453 g/mol. The SMILES string of the molecule is CCN(C[C@H](O)COc1ccc(-c2nc(C)c(C(C)=O)[nH]2)cc1)c1ccc(OC)c(OC)c1. The van der Waals surface area contributed by atoms with Crippen molar-refractivity contribution in [2.75, 3.05) is 38.8 Å². The van der Waals surface area contributed by atoms with Gasteiger partial charge in [-0.2, -0.15) is 0 Å². The number of nitrogens with zero attached hydrogens (tertiary/aromatic N) is 2. The molecule has 0 radical (unpaired) electrons. The number of imidazole rings is 1. The van der Waals surface area contributed by atoms with Crippen molar-refractivity contribution in [1.29, 1.82) is 0 Å². The van der Waals surface area contributed by atoms with E-state index in [2.05, 4.69) is 9.97 Å². The molecule has 8 nitrogen and oxygen atoms in total. The lowest BCUT2D eigenvalue weighted by Gasteiger charge is -2.26. The van der Waals surface area contributed by atoms with E-state index in [-0.39, 0.29) is 12.4 Å². The summed E-state index contributed by atoms with van der Waals surface area (Å²) in [5.74, 6) is 2.53. The Bertz CT molecular complexity index is 1080. The highest BCUT2D eigenvalue weighted by atomic mass is 16.5. The molecule has 0 saturated carbocycles. The Morgan fingerprint density at radius 3 is 2.39 bits per heavy atom. The van der Waals surface area contributed by atoms with Crippen LogP contribution >= 0.6 is 0 Å². The molecule has 2 aromatic carbocycles. The summed E-state index contributed by atoms with van der Waals surface area (Å²) in [6, 6.07) is 13.0. The average Bonchev–Trinajstić information content (AvgIpc) is 3.23. The highest BCUT2D eigenvalue weighted by Crippen LogP contribution is 2.31. The zero-order valence-electron chi connectivity index (χ0n) is 19.7. The number of ether oxygens (including phenoxy) is 3. The standard InChI is InChI=1S/C25H31N3O5/c1-6-28(19-9-12-22(31-4)23(13-19)32-5)14-20(30)15-33-21-10-7-18(8-11-21)25-26-16(2)24(27-25)17(3)29/h7-13,20,30H,6,14-15H2,1-5H3,(H,26,27)/t20-/m0/s1. The first-order valence-corrected chi connectivity index (χ1v) is 10.8. The molecule has 1 aromatic heterocycles. The zero-order chi connectivity index (χ0) is 24.0. The Hall–Kier alpha value is -3.52. The Morgan fingerprint density at radius 1 is 1.12 bits per heavy atom. The Labute approximate surface area is 194 Å². The molecule has 176 valence electrons. The summed E-state index contributed by atoms with van der Waals surface area (Å²) >= 11 is 0. The molecule has 33 heavy (non-hydrogen) atoms. The number of nitrogens with one attached hydrogen (secondary N) is 1. The molecule has 0 spiro atoms. The number of Topliss-reactive ketones (excluding diaryl/α,β-unsaturated/α-hetero) is 1. The smallest absolute Gasteiger partial charge is 0.177 e. The molecular weight excluding hydrogens is 422 g/mol. The molecule has 0 saturated heterocycles. The van der Waals surface area contributed by atoms with Gasteiger partial charge < -0.3 is 29.2 Å². The number of benzene rings is 2. The maximum Gasteiger partial charge on any atom is 0.177 e. The van der Waals surface area contributed by atoms with Gasteiger partial charge in [0.05, 0.1) is 19.9 Å². The van der Waals surface area contributed by atoms with E-state index in [0.29, 0.717) is 47.6 Å². The molecule has 0 fully saturated rings. The number of anilines is 1. The van der Waals surface area contributed by atoms with Gasteiger partial charge in [0, 0.05) is 37.3 Å². The average molecular weight is 454 g/mol. The second-order valence-corrected chi connectivity index (χ2v) is 7.67. The first kappa shape index (κ1) is 24.1. The molecule has 1 heterocycles. The molecule has 0 aliphatic carbocycles. The zero-order valence-corrected chi connectivity index (χ0v) is 19.7. The number of aromatic amines is 1. The van der Waals surface area contributed by atoms with Crippen LogP contribution in [0.15, 0.2) is 42.5 Å². The van der Waals surface area contributed by atoms with Crippen LogP contribution in [0.4, 0.5) is 5.69 Å². The van der Waals surface area contributed by atoms with Gasteiger partial charge >= 0.3 is 0 Å². The van der Waals surface area contributed by atoms with Gasteiger partial charge in [0.2, 0.25) is 0 Å². The van der Waals surface area contributed by atoms with E-state index in [1.165, 1.54) is 6.92 Å². The summed E-state index contributed by atoms with van der Waals surface area (Å²) in [5.41, 5.74) is 2.97. The highest BCUT2D eigenvalue weighted by molar-refractivity contribution is 5.93. The number of ketones is 1.